The molecule has 1 fully saturated rings. The lowest BCUT2D eigenvalue weighted by molar-refractivity contribution is -0.136. The van der Waals surface area contributed by atoms with Crippen LogP contribution >= 0.6 is 11.3 Å². The van der Waals surface area contributed by atoms with Crippen LogP contribution in [-0.4, -0.2) is 36.1 Å². The Morgan fingerprint density at radius 3 is 2.83 bits per heavy atom. The second kappa shape index (κ2) is 6.11. The van der Waals surface area contributed by atoms with Crippen LogP contribution in [0.5, 0.6) is 11.5 Å². The minimum Gasteiger partial charge on any atom is -0.486 e. The van der Waals surface area contributed by atoms with Crippen LogP contribution < -0.4 is 14.8 Å². The summed E-state index contributed by atoms with van der Waals surface area (Å²) in [6, 6.07) is 7.65. The molecule has 24 heavy (non-hydrogen) atoms. The summed E-state index contributed by atoms with van der Waals surface area (Å²) in [5.41, 5.74) is 1.54. The van der Waals surface area contributed by atoms with Crippen LogP contribution in [0.2, 0.25) is 0 Å². The fourth-order valence-corrected chi connectivity index (χ4v) is 3.77. The van der Waals surface area contributed by atoms with Gasteiger partial charge in [0.15, 0.2) is 11.5 Å². The van der Waals surface area contributed by atoms with Crippen molar-refractivity contribution in [3.05, 3.63) is 40.6 Å². The molecule has 1 aromatic carbocycles. The van der Waals surface area contributed by atoms with Crippen molar-refractivity contribution in [1.29, 1.82) is 0 Å². The molecule has 6 heteroatoms. The molecule has 5 nitrogen and oxygen atoms in total. The van der Waals surface area contributed by atoms with Crippen molar-refractivity contribution in [2.24, 2.45) is 0 Å². The molecule has 1 aromatic heterocycles. The van der Waals surface area contributed by atoms with Crippen molar-refractivity contribution >= 4 is 22.9 Å². The summed E-state index contributed by atoms with van der Waals surface area (Å²) in [7, 11) is 0. The van der Waals surface area contributed by atoms with Crippen molar-refractivity contribution in [3.63, 3.8) is 0 Å². The van der Waals surface area contributed by atoms with Gasteiger partial charge in [-0.1, -0.05) is 0 Å². The first-order valence-electron chi connectivity index (χ1n) is 8.12. The molecule has 2 aliphatic rings. The highest BCUT2D eigenvalue weighted by molar-refractivity contribution is 7.07. The maximum atomic E-state index is 12.8. The fraction of sp³-hybridized carbons (Fsp3) is 0.389. The fourth-order valence-electron chi connectivity index (χ4n) is 3.11. The number of hydrogen-bond donors (Lipinski definition) is 1. The normalized spacial score (nSPS) is 22.7. The molecule has 0 bridgehead atoms. The minimum atomic E-state index is -0.463. The van der Waals surface area contributed by atoms with E-state index >= 15 is 0 Å². The molecule has 126 valence electrons. The topological polar surface area (TPSA) is 50.8 Å². The molecule has 1 atom stereocenters. The third-order valence-electron chi connectivity index (χ3n) is 4.81. The highest BCUT2D eigenvalue weighted by Crippen LogP contribution is 2.36. The third kappa shape index (κ3) is 2.76. The summed E-state index contributed by atoms with van der Waals surface area (Å²) in [6.07, 6.45) is 0.869. The number of anilines is 1. The van der Waals surface area contributed by atoms with E-state index in [2.05, 4.69) is 27.0 Å². The molecule has 0 aliphatic carbocycles. The number of carbonyl (C=O) groups is 1. The minimum absolute atomic E-state index is 0.0284. The van der Waals surface area contributed by atoms with E-state index in [4.69, 9.17) is 9.47 Å². The van der Waals surface area contributed by atoms with Gasteiger partial charge in [0.1, 0.15) is 13.2 Å². The Kier molecular flexibility index (Phi) is 3.94. The van der Waals surface area contributed by atoms with E-state index in [-0.39, 0.29) is 5.91 Å². The predicted molar refractivity (Wildman–Crippen MR) is 93.8 cm³/mol. The molecule has 3 heterocycles. The van der Waals surface area contributed by atoms with Gasteiger partial charge in [0.25, 0.3) is 0 Å². The Morgan fingerprint density at radius 1 is 1.29 bits per heavy atom. The number of amides is 1. The Balaban J connectivity index is 1.45. The van der Waals surface area contributed by atoms with E-state index < -0.39 is 5.54 Å². The smallest absolute Gasteiger partial charge is 0.244 e. The molecular weight excluding hydrogens is 324 g/mol. The molecule has 4 rings (SSSR count). The number of ether oxygens (including phenoxy) is 2. The Morgan fingerprint density at radius 2 is 2.12 bits per heavy atom. The monoisotopic (exact) mass is 344 g/mol. The first-order valence-corrected chi connectivity index (χ1v) is 9.07. The Labute approximate surface area is 145 Å². The Hall–Kier alpha value is -2.05. The van der Waals surface area contributed by atoms with Crippen LogP contribution in [0, 0.1) is 0 Å². The average Bonchev–Trinajstić information content (AvgIpc) is 3.11. The van der Waals surface area contributed by atoms with Gasteiger partial charge in [-0.15, -0.1) is 0 Å². The molecule has 0 saturated carbocycles. The lowest BCUT2D eigenvalue weighted by Crippen LogP contribution is -2.63. The quantitative estimate of drug-likeness (QED) is 0.926. The van der Waals surface area contributed by atoms with Gasteiger partial charge in [-0.25, -0.2) is 0 Å². The summed E-state index contributed by atoms with van der Waals surface area (Å²) in [5, 5.41) is 7.24. The predicted octanol–water partition coefficient (Wildman–Crippen LogP) is 3.12. The molecule has 1 N–H and O–H groups in total. The number of nitrogens with zero attached hydrogens (tertiary/aromatic N) is 1. The highest BCUT2D eigenvalue weighted by Gasteiger charge is 2.46. The van der Waals surface area contributed by atoms with Gasteiger partial charge in [0.2, 0.25) is 5.91 Å². The van der Waals surface area contributed by atoms with Crippen molar-refractivity contribution in [3.8, 4) is 11.5 Å². The van der Waals surface area contributed by atoms with Gasteiger partial charge in [-0.3, -0.25) is 9.69 Å². The van der Waals surface area contributed by atoms with E-state index in [1.54, 1.807) is 11.3 Å². The van der Waals surface area contributed by atoms with Gasteiger partial charge in [-0.2, -0.15) is 11.3 Å². The molecule has 2 aromatic rings. The number of hydrogen-bond acceptors (Lipinski definition) is 5. The number of rotatable bonds is 4. The molecule has 1 saturated heterocycles. The first kappa shape index (κ1) is 15.5. The number of benzene rings is 1. The van der Waals surface area contributed by atoms with Crippen molar-refractivity contribution in [2.45, 2.75) is 25.4 Å². The zero-order valence-electron chi connectivity index (χ0n) is 13.6. The maximum Gasteiger partial charge on any atom is 0.244 e. The van der Waals surface area contributed by atoms with E-state index in [1.807, 2.05) is 25.1 Å². The summed E-state index contributed by atoms with van der Waals surface area (Å²) >= 11 is 1.69. The van der Waals surface area contributed by atoms with Gasteiger partial charge in [0.05, 0.1) is 5.54 Å². The summed E-state index contributed by atoms with van der Waals surface area (Å²) < 4.78 is 11.1. The Bertz CT molecular complexity index is 747. The van der Waals surface area contributed by atoms with Crippen LogP contribution in [0.3, 0.4) is 0 Å². The zero-order chi connectivity index (χ0) is 16.6. The second-order valence-electron chi connectivity index (χ2n) is 6.39. The van der Waals surface area contributed by atoms with Gasteiger partial charge in [0, 0.05) is 24.8 Å². The van der Waals surface area contributed by atoms with Crippen LogP contribution in [0.15, 0.2) is 35.0 Å². The summed E-state index contributed by atoms with van der Waals surface area (Å²) in [5.74, 6) is 1.45. The van der Waals surface area contributed by atoms with Crippen molar-refractivity contribution < 1.29 is 14.3 Å². The molecule has 0 radical (unpaired) electrons. The molecule has 0 spiro atoms. The third-order valence-corrected chi connectivity index (χ3v) is 5.54. The maximum absolute atomic E-state index is 12.8. The van der Waals surface area contributed by atoms with Gasteiger partial charge < -0.3 is 14.8 Å². The largest absolute Gasteiger partial charge is 0.486 e. The number of fused-ring (bicyclic) bond motifs is 1. The number of thiophene rings is 1. The molecular formula is C18H20N2O3S. The zero-order valence-corrected chi connectivity index (χ0v) is 14.4. The van der Waals surface area contributed by atoms with Crippen molar-refractivity contribution in [2.75, 3.05) is 25.1 Å². The lowest BCUT2D eigenvalue weighted by atomic mass is 9.85. The summed E-state index contributed by atoms with van der Waals surface area (Å²) in [6.45, 7) is 4.87. The number of likely N-dealkylation sites (tertiary alicyclic amines) is 1. The number of carbonyl (C=O) groups excluding carboxylic acids is 1. The van der Waals surface area contributed by atoms with Gasteiger partial charge in [-0.05, 0) is 47.9 Å². The molecule has 1 amide bonds. The summed E-state index contributed by atoms with van der Waals surface area (Å²) in [4.78, 5) is 15.0. The number of nitrogens with one attached hydrogen (secondary N) is 1. The van der Waals surface area contributed by atoms with Gasteiger partial charge >= 0.3 is 0 Å². The van der Waals surface area contributed by atoms with Crippen molar-refractivity contribution in [1.82, 2.24) is 4.90 Å². The second-order valence-corrected chi connectivity index (χ2v) is 7.17. The van der Waals surface area contributed by atoms with E-state index in [9.17, 15) is 4.79 Å². The van der Waals surface area contributed by atoms with E-state index in [0.717, 1.165) is 30.9 Å². The standard InChI is InChI=1S/C18H20N2O3S/c1-18(5-6-20(18)11-13-4-9-24-12-13)17(21)19-14-2-3-15-16(10-14)23-8-7-22-15/h2-4,9-10,12H,5-8,11H2,1H3,(H,19,21). The molecule has 2 aliphatic heterocycles. The molecule has 1 unspecified atom stereocenters. The SMILES string of the molecule is CC1(C(=O)Nc2ccc3c(c2)OCCO3)CCN1Cc1ccsc1. The van der Waals surface area contributed by atoms with Crippen LogP contribution in [0.4, 0.5) is 5.69 Å². The van der Waals surface area contributed by atoms with Crippen LogP contribution in [-0.2, 0) is 11.3 Å². The van der Waals surface area contributed by atoms with E-state index in [0.29, 0.717) is 19.0 Å². The van der Waals surface area contributed by atoms with Crippen LogP contribution in [0.1, 0.15) is 18.9 Å². The van der Waals surface area contributed by atoms with E-state index in [1.165, 1.54) is 5.56 Å². The van der Waals surface area contributed by atoms with Crippen LogP contribution in [0.25, 0.3) is 0 Å². The first-order chi connectivity index (χ1) is 11.6. The highest BCUT2D eigenvalue weighted by atomic mass is 32.1. The average molecular weight is 344 g/mol. The lowest BCUT2D eigenvalue weighted by Gasteiger charge is -2.49.